The number of hydrogen-bond acceptors (Lipinski definition) is 4. The van der Waals surface area contributed by atoms with Crippen LogP contribution in [0.5, 0.6) is 0 Å². The highest BCUT2D eigenvalue weighted by Gasteiger charge is 2.16. The fourth-order valence-corrected chi connectivity index (χ4v) is 2.92. The summed E-state index contributed by atoms with van der Waals surface area (Å²) in [5.74, 6) is 3.18. The van der Waals surface area contributed by atoms with Crippen LogP contribution in [0.4, 0.5) is 11.6 Å². The van der Waals surface area contributed by atoms with Crippen molar-refractivity contribution in [1.29, 1.82) is 0 Å². The summed E-state index contributed by atoms with van der Waals surface area (Å²) in [5, 5.41) is 7.02. The fraction of sp³-hybridized carbons (Fsp3) is 0.474. The number of nitrogens with one attached hydrogen (secondary N) is 2. The maximum atomic E-state index is 4.73. The molecule has 4 nitrogen and oxygen atoms in total. The van der Waals surface area contributed by atoms with Crippen molar-refractivity contribution in [2.24, 2.45) is 5.92 Å². The predicted molar refractivity (Wildman–Crippen MR) is 96.7 cm³/mol. The molecule has 0 saturated heterocycles. The van der Waals surface area contributed by atoms with Gasteiger partial charge in [0.25, 0.3) is 0 Å². The van der Waals surface area contributed by atoms with E-state index in [0.717, 1.165) is 29.6 Å². The van der Waals surface area contributed by atoms with Gasteiger partial charge in [-0.25, -0.2) is 9.97 Å². The van der Waals surface area contributed by atoms with Crippen LogP contribution in [-0.2, 0) is 0 Å². The van der Waals surface area contributed by atoms with E-state index >= 15 is 0 Å². The molecule has 2 aromatic rings. The second-order valence-electron chi connectivity index (χ2n) is 6.73. The minimum Gasteiger partial charge on any atom is -0.370 e. The van der Waals surface area contributed by atoms with E-state index in [1.807, 2.05) is 24.3 Å². The first-order chi connectivity index (χ1) is 11.2. The van der Waals surface area contributed by atoms with E-state index in [9.17, 15) is 0 Å². The third kappa shape index (κ3) is 4.44. The van der Waals surface area contributed by atoms with Crippen molar-refractivity contribution < 1.29 is 0 Å². The molecule has 0 atom stereocenters. The van der Waals surface area contributed by atoms with Gasteiger partial charge in [0, 0.05) is 24.2 Å². The molecule has 1 aromatic heterocycles. The number of rotatable bonds is 6. The Morgan fingerprint density at radius 1 is 1.04 bits per heavy atom. The molecule has 1 aromatic carbocycles. The molecule has 1 aliphatic rings. The molecule has 2 N–H and O–H groups in total. The van der Waals surface area contributed by atoms with Crippen molar-refractivity contribution in [1.82, 2.24) is 9.97 Å². The van der Waals surface area contributed by atoms with Gasteiger partial charge in [0.2, 0.25) is 0 Å². The minimum absolute atomic E-state index is 0.548. The molecule has 1 aliphatic carbocycles. The smallest absolute Gasteiger partial charge is 0.163 e. The third-order valence-corrected chi connectivity index (χ3v) is 4.16. The Kier molecular flexibility index (Phi) is 5.11. The van der Waals surface area contributed by atoms with Gasteiger partial charge in [-0.15, -0.1) is 0 Å². The Morgan fingerprint density at radius 3 is 2.43 bits per heavy atom. The van der Waals surface area contributed by atoms with Gasteiger partial charge in [-0.05, 0) is 18.8 Å². The quantitative estimate of drug-likeness (QED) is 0.821. The normalized spacial score (nSPS) is 15.1. The number of aromatic nitrogens is 2. The van der Waals surface area contributed by atoms with Crippen LogP contribution in [0.25, 0.3) is 11.4 Å². The monoisotopic (exact) mass is 310 g/mol. The van der Waals surface area contributed by atoms with E-state index < -0.39 is 0 Å². The summed E-state index contributed by atoms with van der Waals surface area (Å²) in [6, 6.07) is 12.8. The van der Waals surface area contributed by atoms with Crippen molar-refractivity contribution in [3.63, 3.8) is 0 Å². The molecule has 3 rings (SSSR count). The molecule has 1 fully saturated rings. The Bertz CT molecular complexity index is 619. The molecule has 1 saturated carbocycles. The van der Waals surface area contributed by atoms with E-state index in [1.54, 1.807) is 0 Å². The van der Waals surface area contributed by atoms with Gasteiger partial charge in [-0.3, -0.25) is 0 Å². The molecule has 0 unspecified atom stereocenters. The van der Waals surface area contributed by atoms with Crippen LogP contribution in [0.3, 0.4) is 0 Å². The summed E-state index contributed by atoms with van der Waals surface area (Å²) >= 11 is 0. The van der Waals surface area contributed by atoms with Gasteiger partial charge in [0.05, 0.1) is 0 Å². The molecule has 0 spiro atoms. The number of anilines is 2. The average Bonchev–Trinajstić information content (AvgIpc) is 3.06. The zero-order valence-electron chi connectivity index (χ0n) is 14.0. The number of hydrogen-bond donors (Lipinski definition) is 2. The SMILES string of the molecule is CC(C)CNc1cc(NC2CCCC2)nc(-c2ccccc2)n1. The van der Waals surface area contributed by atoms with Crippen LogP contribution in [0.2, 0.25) is 0 Å². The molecule has 122 valence electrons. The summed E-state index contributed by atoms with van der Waals surface area (Å²) in [5.41, 5.74) is 1.05. The van der Waals surface area contributed by atoms with E-state index in [2.05, 4.69) is 41.6 Å². The average molecular weight is 310 g/mol. The zero-order valence-corrected chi connectivity index (χ0v) is 14.0. The van der Waals surface area contributed by atoms with Crippen molar-refractivity contribution in [2.45, 2.75) is 45.6 Å². The standard InChI is InChI=1S/C19H26N4/c1-14(2)13-20-17-12-18(21-16-10-6-7-11-16)23-19(22-17)15-8-4-3-5-9-15/h3-5,8-9,12,14,16H,6-7,10-11,13H2,1-2H3,(H2,20,21,22,23). The predicted octanol–water partition coefficient (Wildman–Crippen LogP) is 4.57. The molecule has 1 heterocycles. The van der Waals surface area contributed by atoms with Gasteiger partial charge in [0.1, 0.15) is 11.6 Å². The van der Waals surface area contributed by atoms with Crippen LogP contribution >= 0.6 is 0 Å². The first-order valence-electron chi connectivity index (χ1n) is 8.65. The lowest BCUT2D eigenvalue weighted by molar-refractivity contribution is 0.686. The first kappa shape index (κ1) is 15.8. The Hall–Kier alpha value is -2.10. The minimum atomic E-state index is 0.548. The second-order valence-corrected chi connectivity index (χ2v) is 6.73. The van der Waals surface area contributed by atoms with Crippen LogP contribution in [0, 0.1) is 5.92 Å². The van der Waals surface area contributed by atoms with Gasteiger partial charge in [0.15, 0.2) is 5.82 Å². The summed E-state index contributed by atoms with van der Waals surface area (Å²) in [6.45, 7) is 5.31. The van der Waals surface area contributed by atoms with E-state index in [1.165, 1.54) is 25.7 Å². The van der Waals surface area contributed by atoms with Crippen molar-refractivity contribution in [2.75, 3.05) is 17.2 Å². The summed E-state index contributed by atoms with van der Waals surface area (Å²) in [6.07, 6.45) is 5.10. The first-order valence-corrected chi connectivity index (χ1v) is 8.65. The van der Waals surface area contributed by atoms with Crippen LogP contribution in [0.1, 0.15) is 39.5 Å². The maximum Gasteiger partial charge on any atom is 0.163 e. The molecule has 23 heavy (non-hydrogen) atoms. The number of benzene rings is 1. The topological polar surface area (TPSA) is 49.8 Å². The van der Waals surface area contributed by atoms with E-state index in [-0.39, 0.29) is 0 Å². The Balaban J connectivity index is 1.86. The fourth-order valence-electron chi connectivity index (χ4n) is 2.92. The Morgan fingerprint density at radius 2 is 1.74 bits per heavy atom. The largest absolute Gasteiger partial charge is 0.370 e. The summed E-state index contributed by atoms with van der Waals surface area (Å²) in [4.78, 5) is 9.42. The molecule has 0 amide bonds. The van der Waals surface area contributed by atoms with Crippen molar-refractivity contribution >= 4 is 11.6 Å². The molecule has 4 heteroatoms. The highest BCUT2D eigenvalue weighted by molar-refractivity contribution is 5.61. The summed E-state index contributed by atoms with van der Waals surface area (Å²) in [7, 11) is 0. The van der Waals surface area contributed by atoms with Crippen molar-refractivity contribution in [3.05, 3.63) is 36.4 Å². The van der Waals surface area contributed by atoms with Crippen molar-refractivity contribution in [3.8, 4) is 11.4 Å². The Labute approximate surface area is 138 Å². The maximum absolute atomic E-state index is 4.73. The summed E-state index contributed by atoms with van der Waals surface area (Å²) < 4.78 is 0. The lowest BCUT2D eigenvalue weighted by atomic mass is 10.2. The van der Waals surface area contributed by atoms with Gasteiger partial charge < -0.3 is 10.6 Å². The van der Waals surface area contributed by atoms with Crippen LogP contribution in [0.15, 0.2) is 36.4 Å². The molecular weight excluding hydrogens is 284 g/mol. The third-order valence-electron chi connectivity index (χ3n) is 4.16. The lowest BCUT2D eigenvalue weighted by Gasteiger charge is -2.16. The van der Waals surface area contributed by atoms with Crippen LogP contribution in [-0.4, -0.2) is 22.6 Å². The highest BCUT2D eigenvalue weighted by atomic mass is 15.1. The molecule has 0 radical (unpaired) electrons. The zero-order chi connectivity index (χ0) is 16.1. The van der Waals surface area contributed by atoms with Gasteiger partial charge in [-0.1, -0.05) is 57.0 Å². The number of nitrogens with zero attached hydrogens (tertiary/aromatic N) is 2. The molecule has 0 aliphatic heterocycles. The van der Waals surface area contributed by atoms with Gasteiger partial charge in [-0.2, -0.15) is 0 Å². The lowest BCUT2D eigenvalue weighted by Crippen LogP contribution is -2.17. The molecule has 0 bridgehead atoms. The van der Waals surface area contributed by atoms with E-state index in [0.29, 0.717) is 12.0 Å². The van der Waals surface area contributed by atoms with Gasteiger partial charge >= 0.3 is 0 Å². The second kappa shape index (κ2) is 7.44. The molecular formula is C19H26N4. The highest BCUT2D eigenvalue weighted by Crippen LogP contribution is 2.25. The van der Waals surface area contributed by atoms with E-state index in [4.69, 9.17) is 4.98 Å². The van der Waals surface area contributed by atoms with Crippen LogP contribution < -0.4 is 10.6 Å².